The van der Waals surface area contributed by atoms with E-state index >= 15 is 0 Å². The number of benzene rings is 1. The lowest BCUT2D eigenvalue weighted by Crippen LogP contribution is -2.20. The largest absolute Gasteiger partial charge is 0.486 e. The van der Waals surface area contributed by atoms with Gasteiger partial charge in [-0.05, 0) is 17.7 Å². The molecule has 0 saturated carbocycles. The number of ether oxygens (including phenoxy) is 2. The van der Waals surface area contributed by atoms with Crippen molar-refractivity contribution >= 4 is 17.5 Å². The highest BCUT2D eigenvalue weighted by Gasteiger charge is 2.16. The number of halogens is 1. The fourth-order valence-corrected chi connectivity index (χ4v) is 1.78. The van der Waals surface area contributed by atoms with E-state index in [1.54, 1.807) is 6.07 Å². The molecule has 1 aliphatic heterocycles. The summed E-state index contributed by atoms with van der Waals surface area (Å²) in [5, 5.41) is 3.21. The maximum atomic E-state index is 10.8. The normalized spacial score (nSPS) is 13.4. The topological polar surface area (TPSA) is 47.6 Å². The summed E-state index contributed by atoms with van der Waals surface area (Å²) in [7, 11) is 0. The van der Waals surface area contributed by atoms with Gasteiger partial charge in [0.1, 0.15) is 13.2 Å². The molecule has 1 aromatic rings. The summed E-state index contributed by atoms with van der Waals surface area (Å²) in [4.78, 5) is 10.8. The van der Waals surface area contributed by atoms with Gasteiger partial charge in [-0.3, -0.25) is 4.79 Å². The third-order valence-corrected chi connectivity index (χ3v) is 2.48. The van der Waals surface area contributed by atoms with E-state index < -0.39 is 0 Å². The number of hydrogen-bond acceptors (Lipinski definition) is 3. The Kier molecular flexibility index (Phi) is 3.19. The second-order valence-corrected chi connectivity index (χ2v) is 3.92. The van der Waals surface area contributed by atoms with Crippen LogP contribution in [-0.2, 0) is 11.3 Å². The smallest absolute Gasteiger partial charge is 0.217 e. The predicted octanol–water partition coefficient (Wildman–Crippen LogP) is 1.75. The minimum Gasteiger partial charge on any atom is -0.486 e. The number of nitrogens with one attached hydrogen (secondary N) is 1. The third-order valence-electron chi connectivity index (χ3n) is 2.20. The minimum absolute atomic E-state index is 0.0778. The maximum absolute atomic E-state index is 10.8. The lowest BCUT2D eigenvalue weighted by molar-refractivity contribution is -0.119. The molecule has 2 rings (SSSR count). The zero-order valence-corrected chi connectivity index (χ0v) is 9.63. The second-order valence-electron chi connectivity index (χ2n) is 3.51. The number of rotatable bonds is 2. The van der Waals surface area contributed by atoms with Crippen LogP contribution in [0.2, 0.25) is 5.02 Å². The molecule has 0 spiro atoms. The Labute approximate surface area is 98.5 Å². The molecule has 4 nitrogen and oxygen atoms in total. The Bertz CT molecular complexity index is 420. The molecular weight excluding hydrogens is 230 g/mol. The monoisotopic (exact) mass is 241 g/mol. The number of fused-ring (bicyclic) bond motifs is 1. The molecule has 0 saturated heterocycles. The van der Waals surface area contributed by atoms with Crippen LogP contribution in [0.1, 0.15) is 12.5 Å². The quantitative estimate of drug-likeness (QED) is 0.858. The van der Waals surface area contributed by atoms with E-state index in [-0.39, 0.29) is 5.91 Å². The van der Waals surface area contributed by atoms with E-state index in [1.807, 2.05) is 6.07 Å². The number of carbonyl (C=O) groups excluding carboxylic acids is 1. The molecule has 0 atom stereocenters. The zero-order chi connectivity index (χ0) is 11.5. The highest BCUT2D eigenvalue weighted by atomic mass is 35.5. The highest BCUT2D eigenvalue weighted by molar-refractivity contribution is 6.32. The first kappa shape index (κ1) is 11.1. The van der Waals surface area contributed by atoms with Crippen LogP contribution in [0.15, 0.2) is 12.1 Å². The van der Waals surface area contributed by atoms with Crippen LogP contribution in [0.25, 0.3) is 0 Å². The summed E-state index contributed by atoms with van der Waals surface area (Å²) in [6.45, 7) is 2.94. The van der Waals surface area contributed by atoms with Crippen molar-refractivity contribution in [2.24, 2.45) is 0 Å². The van der Waals surface area contributed by atoms with Crippen molar-refractivity contribution in [1.82, 2.24) is 5.32 Å². The van der Waals surface area contributed by atoms with Gasteiger partial charge in [0.25, 0.3) is 0 Å². The van der Waals surface area contributed by atoms with Gasteiger partial charge >= 0.3 is 0 Å². The second kappa shape index (κ2) is 4.61. The standard InChI is InChI=1S/C11H12ClNO3/c1-7(14)13-6-8-4-9(12)11-10(5-8)15-2-3-16-11/h4-5H,2-3,6H2,1H3,(H,13,14). The van der Waals surface area contributed by atoms with Gasteiger partial charge in [-0.15, -0.1) is 0 Å². The Hall–Kier alpha value is -1.42. The van der Waals surface area contributed by atoms with Crippen molar-refractivity contribution in [3.8, 4) is 11.5 Å². The average Bonchev–Trinajstić information content (AvgIpc) is 2.26. The van der Waals surface area contributed by atoms with Crippen molar-refractivity contribution < 1.29 is 14.3 Å². The van der Waals surface area contributed by atoms with Crippen LogP contribution in [0.3, 0.4) is 0 Å². The van der Waals surface area contributed by atoms with Gasteiger partial charge in [0.05, 0.1) is 5.02 Å². The molecule has 86 valence electrons. The summed E-state index contributed by atoms with van der Waals surface area (Å²) >= 11 is 6.04. The summed E-state index contributed by atoms with van der Waals surface area (Å²) in [5.74, 6) is 1.14. The van der Waals surface area contributed by atoms with Crippen molar-refractivity contribution in [3.63, 3.8) is 0 Å². The summed E-state index contributed by atoms with van der Waals surface area (Å²) < 4.78 is 10.8. The fourth-order valence-electron chi connectivity index (χ4n) is 1.49. The van der Waals surface area contributed by atoms with Crippen LogP contribution in [0.4, 0.5) is 0 Å². The number of hydrogen-bond donors (Lipinski definition) is 1. The van der Waals surface area contributed by atoms with Crippen molar-refractivity contribution in [3.05, 3.63) is 22.7 Å². The average molecular weight is 242 g/mol. The van der Waals surface area contributed by atoms with Crippen LogP contribution in [0, 0.1) is 0 Å². The molecule has 1 aromatic carbocycles. The first-order valence-corrected chi connectivity index (χ1v) is 5.37. The van der Waals surface area contributed by atoms with Gasteiger partial charge < -0.3 is 14.8 Å². The fraction of sp³-hybridized carbons (Fsp3) is 0.364. The van der Waals surface area contributed by atoms with E-state index in [9.17, 15) is 4.79 Å². The minimum atomic E-state index is -0.0778. The lowest BCUT2D eigenvalue weighted by atomic mass is 10.2. The molecule has 1 heterocycles. The first-order valence-electron chi connectivity index (χ1n) is 4.99. The number of carbonyl (C=O) groups is 1. The molecule has 1 aliphatic rings. The molecule has 0 unspecified atom stereocenters. The number of amides is 1. The summed E-state index contributed by atoms with van der Waals surface area (Å²) in [5.41, 5.74) is 0.893. The Morgan fingerprint density at radius 3 is 2.94 bits per heavy atom. The van der Waals surface area contributed by atoms with Crippen LogP contribution >= 0.6 is 11.6 Å². The van der Waals surface area contributed by atoms with Crippen LogP contribution in [0.5, 0.6) is 11.5 Å². The van der Waals surface area contributed by atoms with E-state index in [1.165, 1.54) is 6.92 Å². The van der Waals surface area contributed by atoms with Crippen molar-refractivity contribution in [2.45, 2.75) is 13.5 Å². The third kappa shape index (κ3) is 2.39. The molecule has 0 radical (unpaired) electrons. The summed E-state index contributed by atoms with van der Waals surface area (Å²) in [6, 6.07) is 3.60. The van der Waals surface area contributed by atoms with Gasteiger partial charge in [0, 0.05) is 13.5 Å². The van der Waals surface area contributed by atoms with E-state index in [4.69, 9.17) is 21.1 Å². The SMILES string of the molecule is CC(=O)NCc1cc(Cl)c2c(c1)OCCO2. The highest BCUT2D eigenvalue weighted by Crippen LogP contribution is 2.38. The Morgan fingerprint density at radius 2 is 2.19 bits per heavy atom. The molecule has 5 heteroatoms. The Morgan fingerprint density at radius 1 is 1.44 bits per heavy atom. The Balaban J connectivity index is 2.21. The summed E-state index contributed by atoms with van der Waals surface area (Å²) in [6.07, 6.45) is 0. The maximum Gasteiger partial charge on any atom is 0.217 e. The van der Waals surface area contributed by atoms with Crippen LogP contribution in [-0.4, -0.2) is 19.1 Å². The van der Waals surface area contributed by atoms with E-state index in [2.05, 4.69) is 5.32 Å². The first-order chi connectivity index (χ1) is 7.66. The van der Waals surface area contributed by atoms with Crippen molar-refractivity contribution in [2.75, 3.05) is 13.2 Å². The predicted molar refractivity (Wildman–Crippen MR) is 60.0 cm³/mol. The van der Waals surface area contributed by atoms with Gasteiger partial charge in [-0.2, -0.15) is 0 Å². The van der Waals surface area contributed by atoms with E-state index in [0.29, 0.717) is 36.3 Å². The van der Waals surface area contributed by atoms with E-state index in [0.717, 1.165) is 5.56 Å². The molecule has 1 N–H and O–H groups in total. The molecule has 0 aliphatic carbocycles. The zero-order valence-electron chi connectivity index (χ0n) is 8.88. The van der Waals surface area contributed by atoms with Gasteiger partial charge in [-0.1, -0.05) is 11.6 Å². The van der Waals surface area contributed by atoms with Gasteiger partial charge in [0.15, 0.2) is 11.5 Å². The lowest BCUT2D eigenvalue weighted by Gasteiger charge is -2.20. The van der Waals surface area contributed by atoms with Gasteiger partial charge in [-0.25, -0.2) is 0 Å². The molecule has 16 heavy (non-hydrogen) atoms. The molecule has 1 amide bonds. The van der Waals surface area contributed by atoms with Gasteiger partial charge in [0.2, 0.25) is 5.91 Å². The molecule has 0 aromatic heterocycles. The van der Waals surface area contributed by atoms with Crippen LogP contribution < -0.4 is 14.8 Å². The van der Waals surface area contributed by atoms with Crippen molar-refractivity contribution in [1.29, 1.82) is 0 Å². The molecule has 0 bridgehead atoms. The molecular formula is C11H12ClNO3. The molecule has 0 fully saturated rings.